The molecule has 6 heteroatoms. The zero-order valence-corrected chi connectivity index (χ0v) is 13.1. The Labute approximate surface area is 134 Å². The van der Waals surface area contributed by atoms with Crippen LogP contribution in [0.4, 0.5) is 5.69 Å². The number of hydrogen-bond donors (Lipinski definition) is 3. The van der Waals surface area contributed by atoms with Crippen molar-refractivity contribution < 1.29 is 19.5 Å². The predicted molar refractivity (Wildman–Crippen MR) is 84.0 cm³/mol. The van der Waals surface area contributed by atoms with Gasteiger partial charge in [-0.3, -0.25) is 14.4 Å². The van der Waals surface area contributed by atoms with Crippen molar-refractivity contribution in [1.82, 2.24) is 5.32 Å². The summed E-state index contributed by atoms with van der Waals surface area (Å²) in [5.41, 5.74) is 0.579. The Morgan fingerprint density at radius 2 is 1.70 bits per heavy atom. The number of hydrogen-bond acceptors (Lipinski definition) is 3. The van der Waals surface area contributed by atoms with Gasteiger partial charge in [-0.15, -0.1) is 0 Å². The van der Waals surface area contributed by atoms with Crippen molar-refractivity contribution in [2.45, 2.75) is 32.7 Å². The Hall–Kier alpha value is -2.37. The van der Waals surface area contributed by atoms with Gasteiger partial charge in [0.1, 0.15) is 0 Å². The Bertz CT molecular complexity index is 662. The van der Waals surface area contributed by atoms with Gasteiger partial charge in [0, 0.05) is 17.3 Å². The van der Waals surface area contributed by atoms with Crippen LogP contribution in [0, 0.1) is 17.3 Å². The second-order valence-electron chi connectivity index (χ2n) is 6.93. The molecule has 0 aromatic heterocycles. The fraction of sp³-hybridized carbons (Fsp3) is 0.471. The minimum absolute atomic E-state index is 0.111. The van der Waals surface area contributed by atoms with Gasteiger partial charge >= 0.3 is 5.97 Å². The van der Waals surface area contributed by atoms with Crippen molar-refractivity contribution in [3.05, 3.63) is 29.8 Å². The molecule has 0 radical (unpaired) electrons. The highest BCUT2D eigenvalue weighted by Crippen LogP contribution is 2.58. The van der Waals surface area contributed by atoms with E-state index in [0.717, 1.165) is 12.8 Å². The molecule has 0 heterocycles. The molecule has 2 amide bonds. The van der Waals surface area contributed by atoms with Gasteiger partial charge in [0.25, 0.3) is 5.91 Å². The minimum Gasteiger partial charge on any atom is -0.481 e. The summed E-state index contributed by atoms with van der Waals surface area (Å²) in [6.45, 7) is 3.56. The molecular weight excluding hydrogens is 296 g/mol. The Morgan fingerprint density at radius 1 is 1.09 bits per heavy atom. The van der Waals surface area contributed by atoms with Crippen molar-refractivity contribution in [2.75, 3.05) is 5.32 Å². The molecule has 2 atom stereocenters. The van der Waals surface area contributed by atoms with Gasteiger partial charge in [-0.2, -0.15) is 0 Å². The largest absolute Gasteiger partial charge is 0.481 e. The first-order valence-electron chi connectivity index (χ1n) is 7.75. The minimum atomic E-state index is -0.942. The summed E-state index contributed by atoms with van der Waals surface area (Å²) in [6.07, 6.45) is 2.06. The molecule has 0 spiro atoms. The van der Waals surface area contributed by atoms with E-state index < -0.39 is 23.2 Å². The molecular formula is C17H20N2O4. The molecule has 2 saturated carbocycles. The fourth-order valence-electron chi connectivity index (χ4n) is 3.01. The maximum Gasteiger partial charge on any atom is 0.307 e. The maximum atomic E-state index is 12.2. The number of nitrogens with one attached hydrogen (secondary N) is 2. The van der Waals surface area contributed by atoms with Crippen LogP contribution in [0.25, 0.3) is 0 Å². The van der Waals surface area contributed by atoms with Crippen molar-refractivity contribution in [3.8, 4) is 0 Å². The van der Waals surface area contributed by atoms with Crippen LogP contribution >= 0.6 is 0 Å². The molecule has 3 rings (SSSR count). The summed E-state index contributed by atoms with van der Waals surface area (Å²) >= 11 is 0. The smallest absolute Gasteiger partial charge is 0.307 e. The van der Waals surface area contributed by atoms with Gasteiger partial charge in [0.2, 0.25) is 5.91 Å². The fourth-order valence-corrected chi connectivity index (χ4v) is 3.01. The van der Waals surface area contributed by atoms with Crippen LogP contribution in [0.1, 0.15) is 37.0 Å². The van der Waals surface area contributed by atoms with Gasteiger partial charge in [0.05, 0.1) is 11.8 Å². The average molecular weight is 316 g/mol. The lowest BCUT2D eigenvalue weighted by molar-refractivity contribution is -0.140. The molecule has 2 fully saturated rings. The lowest BCUT2D eigenvalue weighted by atomic mass is 10.1. The number of carbonyl (C=O) groups is 3. The van der Waals surface area contributed by atoms with Crippen molar-refractivity contribution >= 4 is 23.5 Å². The lowest BCUT2D eigenvalue weighted by Gasteiger charge is -2.07. The Kier molecular flexibility index (Phi) is 3.62. The van der Waals surface area contributed by atoms with E-state index >= 15 is 0 Å². The molecule has 0 aliphatic heterocycles. The highest BCUT2D eigenvalue weighted by molar-refractivity contribution is 6.00. The van der Waals surface area contributed by atoms with E-state index in [1.54, 1.807) is 38.1 Å². The van der Waals surface area contributed by atoms with Crippen LogP contribution in [0.5, 0.6) is 0 Å². The number of benzene rings is 1. The van der Waals surface area contributed by atoms with Crippen LogP contribution in [-0.2, 0) is 9.59 Å². The molecule has 6 nitrogen and oxygen atoms in total. The molecule has 0 bridgehead atoms. The SMILES string of the molecule is CC1(C)[C@H](C(=O)O)[C@H]1C(=O)Nc1ccc(C(=O)NC2CC2)cc1. The first kappa shape index (κ1) is 15.5. The Balaban J connectivity index is 1.61. The van der Waals surface area contributed by atoms with Crippen molar-refractivity contribution in [3.63, 3.8) is 0 Å². The van der Waals surface area contributed by atoms with Crippen LogP contribution in [0.2, 0.25) is 0 Å². The third-order valence-corrected chi connectivity index (χ3v) is 4.70. The number of rotatable bonds is 5. The van der Waals surface area contributed by atoms with E-state index in [-0.39, 0.29) is 11.8 Å². The molecule has 1 aromatic carbocycles. The average Bonchev–Trinajstić information content (AvgIpc) is 3.36. The molecule has 23 heavy (non-hydrogen) atoms. The molecule has 2 aliphatic rings. The van der Waals surface area contributed by atoms with Gasteiger partial charge < -0.3 is 15.7 Å². The highest BCUT2D eigenvalue weighted by Gasteiger charge is 2.65. The van der Waals surface area contributed by atoms with E-state index in [4.69, 9.17) is 5.11 Å². The summed E-state index contributed by atoms with van der Waals surface area (Å²) < 4.78 is 0. The van der Waals surface area contributed by atoms with Crippen LogP contribution in [0.15, 0.2) is 24.3 Å². The molecule has 1 aromatic rings. The lowest BCUT2D eigenvalue weighted by Crippen LogP contribution is -2.25. The molecule has 122 valence electrons. The van der Waals surface area contributed by atoms with Gasteiger partial charge in [-0.1, -0.05) is 13.8 Å². The van der Waals surface area contributed by atoms with E-state index in [1.165, 1.54) is 0 Å². The van der Waals surface area contributed by atoms with E-state index in [0.29, 0.717) is 17.3 Å². The number of amides is 2. The van der Waals surface area contributed by atoms with Crippen LogP contribution in [-0.4, -0.2) is 28.9 Å². The van der Waals surface area contributed by atoms with Gasteiger partial charge in [0.15, 0.2) is 0 Å². The molecule has 0 saturated heterocycles. The van der Waals surface area contributed by atoms with Crippen molar-refractivity contribution in [1.29, 1.82) is 0 Å². The summed E-state index contributed by atoms with van der Waals surface area (Å²) in [5.74, 6) is -2.52. The maximum absolute atomic E-state index is 12.2. The monoisotopic (exact) mass is 316 g/mol. The molecule has 3 N–H and O–H groups in total. The number of carboxylic acids is 1. The summed E-state index contributed by atoms with van der Waals surface area (Å²) in [4.78, 5) is 35.2. The summed E-state index contributed by atoms with van der Waals surface area (Å²) in [5, 5.41) is 14.8. The molecule has 2 aliphatic carbocycles. The summed E-state index contributed by atoms with van der Waals surface area (Å²) in [6, 6.07) is 6.92. The highest BCUT2D eigenvalue weighted by atomic mass is 16.4. The third-order valence-electron chi connectivity index (χ3n) is 4.70. The zero-order chi connectivity index (χ0) is 16.8. The number of anilines is 1. The topological polar surface area (TPSA) is 95.5 Å². The van der Waals surface area contributed by atoms with Crippen LogP contribution < -0.4 is 10.6 Å². The normalized spacial score (nSPS) is 24.6. The quantitative estimate of drug-likeness (QED) is 0.773. The second kappa shape index (κ2) is 5.37. The van der Waals surface area contributed by atoms with Crippen molar-refractivity contribution in [2.24, 2.45) is 17.3 Å². The van der Waals surface area contributed by atoms with E-state index in [9.17, 15) is 14.4 Å². The zero-order valence-electron chi connectivity index (χ0n) is 13.1. The number of carbonyl (C=O) groups excluding carboxylic acids is 2. The second-order valence-corrected chi connectivity index (χ2v) is 6.93. The number of aliphatic carboxylic acids is 1. The van der Waals surface area contributed by atoms with E-state index in [2.05, 4.69) is 10.6 Å². The third kappa shape index (κ3) is 3.06. The first-order chi connectivity index (χ1) is 10.8. The van der Waals surface area contributed by atoms with E-state index in [1.807, 2.05) is 0 Å². The van der Waals surface area contributed by atoms with Gasteiger partial charge in [-0.25, -0.2) is 0 Å². The predicted octanol–water partition coefficient (Wildman–Crippen LogP) is 1.87. The van der Waals surface area contributed by atoms with Gasteiger partial charge in [-0.05, 0) is 42.5 Å². The first-order valence-corrected chi connectivity index (χ1v) is 7.75. The Morgan fingerprint density at radius 3 is 2.17 bits per heavy atom. The standard InChI is InChI=1S/C17H20N2O4/c1-17(2)12(13(17)16(22)23)15(21)19-10-5-3-9(4-6-10)14(20)18-11-7-8-11/h3-6,11-13H,7-8H2,1-2H3,(H,18,20)(H,19,21)(H,22,23)/t12-,13-/m0/s1. The summed E-state index contributed by atoms with van der Waals surface area (Å²) in [7, 11) is 0. The molecule has 0 unspecified atom stereocenters. The van der Waals surface area contributed by atoms with Crippen LogP contribution in [0.3, 0.4) is 0 Å². The number of carboxylic acid groups (broad SMARTS) is 1.